The Hall–Kier alpha value is -2.25. The minimum Gasteiger partial charge on any atom is -0.352 e. The Balaban J connectivity index is 1.38. The summed E-state index contributed by atoms with van der Waals surface area (Å²) in [7, 11) is -3.50. The van der Waals surface area contributed by atoms with Gasteiger partial charge >= 0.3 is 0 Å². The highest BCUT2D eigenvalue weighted by Gasteiger charge is 2.62. The number of rotatable bonds is 5. The number of sulfonamides is 1. The van der Waals surface area contributed by atoms with E-state index in [0.717, 1.165) is 24.0 Å². The molecule has 1 aliphatic carbocycles. The van der Waals surface area contributed by atoms with Crippen molar-refractivity contribution in [2.75, 3.05) is 13.1 Å². The molecule has 1 saturated carbocycles. The van der Waals surface area contributed by atoms with E-state index in [1.54, 1.807) is 24.5 Å². The van der Waals surface area contributed by atoms with E-state index in [0.29, 0.717) is 24.5 Å². The van der Waals surface area contributed by atoms with Gasteiger partial charge in [-0.2, -0.15) is 4.31 Å². The fourth-order valence-electron chi connectivity index (χ4n) is 3.91. The Bertz CT molecular complexity index is 944. The molecule has 2 heterocycles. The van der Waals surface area contributed by atoms with Gasteiger partial charge in [0.2, 0.25) is 15.9 Å². The van der Waals surface area contributed by atoms with Crippen molar-refractivity contribution in [2.24, 2.45) is 11.3 Å². The second kappa shape index (κ2) is 6.73. The molecule has 1 aromatic carbocycles. The molecule has 27 heavy (non-hydrogen) atoms. The predicted molar refractivity (Wildman–Crippen MR) is 101 cm³/mol. The number of nitrogens with zero attached hydrogens (tertiary/aromatic N) is 2. The lowest BCUT2D eigenvalue weighted by molar-refractivity contribution is -0.123. The second-order valence-corrected chi connectivity index (χ2v) is 9.54. The van der Waals surface area contributed by atoms with E-state index in [2.05, 4.69) is 10.3 Å². The zero-order valence-corrected chi connectivity index (χ0v) is 16.1. The van der Waals surface area contributed by atoms with Gasteiger partial charge in [0.1, 0.15) is 0 Å². The van der Waals surface area contributed by atoms with Crippen LogP contribution in [0.25, 0.3) is 0 Å². The molecule has 0 bridgehead atoms. The number of aromatic nitrogens is 1. The molecule has 4 rings (SSSR count). The topological polar surface area (TPSA) is 79.4 Å². The van der Waals surface area contributed by atoms with Crippen molar-refractivity contribution < 1.29 is 13.2 Å². The minimum atomic E-state index is -3.50. The molecule has 1 spiro atoms. The zero-order valence-electron chi connectivity index (χ0n) is 15.3. The number of benzene rings is 1. The quantitative estimate of drug-likeness (QED) is 0.855. The van der Waals surface area contributed by atoms with Crippen LogP contribution in [-0.4, -0.2) is 36.7 Å². The van der Waals surface area contributed by atoms with Crippen LogP contribution in [0, 0.1) is 18.3 Å². The number of carbonyl (C=O) groups is 1. The Kier molecular flexibility index (Phi) is 4.52. The summed E-state index contributed by atoms with van der Waals surface area (Å²) in [6, 6.07) is 10.7. The van der Waals surface area contributed by atoms with E-state index < -0.39 is 10.0 Å². The number of nitrogens with one attached hydrogen (secondary N) is 1. The SMILES string of the molecule is Cc1ccc(S(=O)(=O)N2CC[C@]3(C[C@@H]3C(=O)NCc3cccnc3)C2)cc1. The maximum atomic E-state index is 12.9. The molecular weight excluding hydrogens is 362 g/mol. The van der Waals surface area contributed by atoms with Gasteiger partial charge in [0.15, 0.2) is 0 Å². The second-order valence-electron chi connectivity index (χ2n) is 7.60. The number of hydrogen-bond donors (Lipinski definition) is 1. The number of hydrogen-bond acceptors (Lipinski definition) is 4. The highest BCUT2D eigenvalue weighted by Crippen LogP contribution is 2.59. The summed E-state index contributed by atoms with van der Waals surface area (Å²) in [5, 5.41) is 2.96. The summed E-state index contributed by atoms with van der Waals surface area (Å²) in [4.78, 5) is 16.9. The van der Waals surface area contributed by atoms with Crippen molar-refractivity contribution in [1.82, 2.24) is 14.6 Å². The standard InChI is InChI=1S/C20H23N3O3S/c1-15-4-6-17(7-5-15)27(25,26)23-10-8-20(14-23)11-18(20)19(24)22-13-16-3-2-9-21-12-16/h2-7,9,12,18H,8,10-11,13-14H2,1H3,(H,22,24)/t18-,20+/m1/s1. The van der Waals surface area contributed by atoms with E-state index in [4.69, 9.17) is 0 Å². The van der Waals surface area contributed by atoms with Crippen molar-refractivity contribution in [3.05, 3.63) is 59.9 Å². The van der Waals surface area contributed by atoms with E-state index >= 15 is 0 Å². The molecule has 2 aromatic rings. The number of carbonyl (C=O) groups excluding carboxylic acids is 1. The molecule has 1 aliphatic heterocycles. The molecule has 0 radical (unpaired) electrons. The van der Waals surface area contributed by atoms with Gasteiger partial charge in [0.25, 0.3) is 0 Å². The first-order valence-electron chi connectivity index (χ1n) is 9.14. The number of amides is 1. The molecule has 2 aliphatic rings. The zero-order chi connectivity index (χ0) is 19.1. The van der Waals surface area contributed by atoms with Crippen LogP contribution in [0.15, 0.2) is 53.7 Å². The fraction of sp³-hybridized carbons (Fsp3) is 0.400. The molecule has 2 fully saturated rings. The number of pyridine rings is 1. The van der Waals surface area contributed by atoms with Crippen LogP contribution in [0.1, 0.15) is 24.0 Å². The van der Waals surface area contributed by atoms with E-state index in [-0.39, 0.29) is 17.2 Å². The van der Waals surface area contributed by atoms with E-state index in [1.807, 2.05) is 31.2 Å². The third-order valence-electron chi connectivity index (χ3n) is 5.70. The molecule has 6 nitrogen and oxygen atoms in total. The van der Waals surface area contributed by atoms with Crippen LogP contribution in [0.3, 0.4) is 0 Å². The minimum absolute atomic E-state index is 0.00781. The Morgan fingerprint density at radius 1 is 1.30 bits per heavy atom. The van der Waals surface area contributed by atoms with E-state index in [1.165, 1.54) is 4.31 Å². The Labute approximate surface area is 159 Å². The molecule has 1 amide bonds. The summed E-state index contributed by atoms with van der Waals surface area (Å²) in [5.74, 6) is -0.0965. The first-order valence-corrected chi connectivity index (χ1v) is 10.6. The molecular formula is C20H23N3O3S. The van der Waals surface area contributed by atoms with Crippen molar-refractivity contribution in [1.29, 1.82) is 0 Å². The van der Waals surface area contributed by atoms with Crippen LogP contribution in [0.4, 0.5) is 0 Å². The smallest absolute Gasteiger partial charge is 0.243 e. The normalized spacial score (nSPS) is 24.9. The number of aryl methyl sites for hydroxylation is 1. The van der Waals surface area contributed by atoms with Crippen LogP contribution in [0.2, 0.25) is 0 Å². The van der Waals surface area contributed by atoms with Gasteiger partial charge in [0.05, 0.1) is 4.90 Å². The lowest BCUT2D eigenvalue weighted by Crippen LogP contribution is -2.31. The third-order valence-corrected chi connectivity index (χ3v) is 7.56. The molecule has 1 aromatic heterocycles. The lowest BCUT2D eigenvalue weighted by atomic mass is 10.0. The lowest BCUT2D eigenvalue weighted by Gasteiger charge is -2.17. The maximum absolute atomic E-state index is 12.9. The van der Waals surface area contributed by atoms with Gasteiger partial charge in [-0.25, -0.2) is 8.42 Å². The molecule has 142 valence electrons. The summed E-state index contributed by atoms with van der Waals surface area (Å²) in [6.45, 7) is 3.28. The van der Waals surface area contributed by atoms with Gasteiger partial charge in [-0.05, 0) is 48.9 Å². The van der Waals surface area contributed by atoms with Crippen molar-refractivity contribution in [3.8, 4) is 0 Å². The fourth-order valence-corrected chi connectivity index (χ4v) is 5.44. The van der Waals surface area contributed by atoms with Crippen molar-refractivity contribution in [3.63, 3.8) is 0 Å². The first kappa shape index (κ1) is 18.1. The van der Waals surface area contributed by atoms with Gasteiger partial charge in [-0.3, -0.25) is 9.78 Å². The van der Waals surface area contributed by atoms with Gasteiger partial charge < -0.3 is 5.32 Å². The largest absolute Gasteiger partial charge is 0.352 e. The summed E-state index contributed by atoms with van der Waals surface area (Å²) < 4.78 is 27.3. The summed E-state index contributed by atoms with van der Waals surface area (Å²) >= 11 is 0. The highest BCUT2D eigenvalue weighted by molar-refractivity contribution is 7.89. The van der Waals surface area contributed by atoms with Crippen molar-refractivity contribution >= 4 is 15.9 Å². The van der Waals surface area contributed by atoms with Crippen LogP contribution >= 0.6 is 0 Å². The van der Waals surface area contributed by atoms with Crippen LogP contribution in [-0.2, 0) is 21.4 Å². The molecule has 1 saturated heterocycles. The average molecular weight is 385 g/mol. The maximum Gasteiger partial charge on any atom is 0.243 e. The van der Waals surface area contributed by atoms with E-state index in [9.17, 15) is 13.2 Å². The Morgan fingerprint density at radius 3 is 2.78 bits per heavy atom. The highest BCUT2D eigenvalue weighted by atomic mass is 32.2. The van der Waals surface area contributed by atoms with Crippen molar-refractivity contribution in [2.45, 2.75) is 31.2 Å². The van der Waals surface area contributed by atoms with Gasteiger partial charge in [0, 0.05) is 37.9 Å². The third kappa shape index (κ3) is 3.49. The molecule has 1 N–H and O–H groups in total. The molecule has 7 heteroatoms. The monoisotopic (exact) mass is 385 g/mol. The molecule has 2 atom stereocenters. The molecule has 0 unspecified atom stereocenters. The first-order chi connectivity index (χ1) is 12.9. The van der Waals surface area contributed by atoms with Crippen LogP contribution in [0.5, 0.6) is 0 Å². The van der Waals surface area contributed by atoms with Gasteiger partial charge in [-0.15, -0.1) is 0 Å². The van der Waals surface area contributed by atoms with Gasteiger partial charge in [-0.1, -0.05) is 23.8 Å². The Morgan fingerprint density at radius 2 is 2.07 bits per heavy atom. The predicted octanol–water partition coefficient (Wildman–Crippen LogP) is 2.11. The summed E-state index contributed by atoms with van der Waals surface area (Å²) in [5.41, 5.74) is 1.78. The average Bonchev–Trinajstić information content (AvgIpc) is 3.20. The summed E-state index contributed by atoms with van der Waals surface area (Å²) in [6.07, 6.45) is 4.92. The van der Waals surface area contributed by atoms with Crippen LogP contribution < -0.4 is 5.32 Å².